The molecule has 6 nitrogen and oxygen atoms in total. The highest BCUT2D eigenvalue weighted by Crippen LogP contribution is 2.15. The van der Waals surface area contributed by atoms with Crippen LogP contribution in [0.2, 0.25) is 0 Å². The first-order valence-corrected chi connectivity index (χ1v) is 9.06. The van der Waals surface area contributed by atoms with E-state index in [0.717, 1.165) is 12.0 Å². The second kappa shape index (κ2) is 10.8. The van der Waals surface area contributed by atoms with Crippen LogP contribution in [-0.2, 0) is 25.5 Å². The van der Waals surface area contributed by atoms with Gasteiger partial charge in [0.1, 0.15) is 5.82 Å². The SMILES string of the molecule is CCc1ccccc1NC(=O)COC(=O)CCCC(=O)Nc1ccc(F)cc1. The minimum absolute atomic E-state index is 0.0235. The molecule has 0 saturated heterocycles. The van der Waals surface area contributed by atoms with Crippen LogP contribution in [0.4, 0.5) is 15.8 Å². The predicted octanol–water partition coefficient (Wildman–Crippen LogP) is 3.68. The van der Waals surface area contributed by atoms with Crippen LogP contribution >= 0.6 is 0 Å². The van der Waals surface area contributed by atoms with Crippen molar-refractivity contribution in [1.29, 1.82) is 0 Å². The minimum Gasteiger partial charge on any atom is -0.456 e. The van der Waals surface area contributed by atoms with Crippen molar-refractivity contribution in [2.75, 3.05) is 17.2 Å². The second-order valence-electron chi connectivity index (χ2n) is 6.13. The molecule has 148 valence electrons. The van der Waals surface area contributed by atoms with Gasteiger partial charge in [0.05, 0.1) is 0 Å². The van der Waals surface area contributed by atoms with Crippen LogP contribution in [0.3, 0.4) is 0 Å². The van der Waals surface area contributed by atoms with Gasteiger partial charge in [-0.1, -0.05) is 25.1 Å². The zero-order valence-corrected chi connectivity index (χ0v) is 15.7. The zero-order valence-electron chi connectivity index (χ0n) is 15.7. The van der Waals surface area contributed by atoms with Gasteiger partial charge in [-0.3, -0.25) is 14.4 Å². The van der Waals surface area contributed by atoms with Crippen molar-refractivity contribution in [3.8, 4) is 0 Å². The summed E-state index contributed by atoms with van der Waals surface area (Å²) in [6.45, 7) is 1.61. The molecule has 0 aromatic heterocycles. The number of para-hydroxylation sites is 1. The summed E-state index contributed by atoms with van der Waals surface area (Å²) in [6.07, 6.45) is 1.20. The Morgan fingerprint density at radius 1 is 0.929 bits per heavy atom. The Bertz CT molecular complexity index is 821. The summed E-state index contributed by atoms with van der Waals surface area (Å²) in [5.74, 6) is -1.63. The van der Waals surface area contributed by atoms with Gasteiger partial charge in [0.15, 0.2) is 6.61 Å². The lowest BCUT2D eigenvalue weighted by atomic mass is 10.1. The second-order valence-corrected chi connectivity index (χ2v) is 6.13. The molecule has 2 aromatic rings. The maximum atomic E-state index is 12.8. The van der Waals surface area contributed by atoms with Gasteiger partial charge in [0, 0.05) is 24.2 Å². The number of esters is 1. The molecule has 0 aliphatic heterocycles. The van der Waals surface area contributed by atoms with E-state index in [1.165, 1.54) is 24.3 Å². The molecule has 0 aliphatic carbocycles. The summed E-state index contributed by atoms with van der Waals surface area (Å²) >= 11 is 0. The number of benzene rings is 2. The Morgan fingerprint density at radius 2 is 1.64 bits per heavy atom. The van der Waals surface area contributed by atoms with E-state index < -0.39 is 11.9 Å². The molecule has 0 bridgehead atoms. The molecule has 0 unspecified atom stereocenters. The van der Waals surface area contributed by atoms with Crippen LogP contribution in [0.1, 0.15) is 31.7 Å². The van der Waals surface area contributed by atoms with E-state index in [9.17, 15) is 18.8 Å². The van der Waals surface area contributed by atoms with Crippen molar-refractivity contribution in [3.63, 3.8) is 0 Å². The average molecular weight is 386 g/mol. The van der Waals surface area contributed by atoms with Crippen LogP contribution in [-0.4, -0.2) is 24.4 Å². The van der Waals surface area contributed by atoms with E-state index in [1.54, 1.807) is 6.07 Å². The maximum absolute atomic E-state index is 12.8. The molecule has 0 atom stereocenters. The Labute approximate surface area is 163 Å². The molecular weight excluding hydrogens is 363 g/mol. The van der Waals surface area contributed by atoms with E-state index in [4.69, 9.17) is 4.74 Å². The molecule has 2 N–H and O–H groups in total. The molecule has 0 spiro atoms. The summed E-state index contributed by atoms with van der Waals surface area (Å²) in [6, 6.07) is 12.8. The molecule has 28 heavy (non-hydrogen) atoms. The number of hydrogen-bond acceptors (Lipinski definition) is 4. The number of halogens is 1. The monoisotopic (exact) mass is 386 g/mol. The number of carbonyl (C=O) groups is 3. The molecule has 2 amide bonds. The molecule has 0 radical (unpaired) electrons. The van der Waals surface area contributed by atoms with Gasteiger partial charge in [0.2, 0.25) is 5.91 Å². The minimum atomic E-state index is -0.548. The van der Waals surface area contributed by atoms with Gasteiger partial charge in [-0.2, -0.15) is 0 Å². The average Bonchev–Trinajstić information content (AvgIpc) is 2.68. The zero-order chi connectivity index (χ0) is 20.4. The summed E-state index contributed by atoms with van der Waals surface area (Å²) in [7, 11) is 0. The molecule has 0 aliphatic rings. The fourth-order valence-electron chi connectivity index (χ4n) is 2.51. The number of aryl methyl sites for hydroxylation is 1. The Kier molecular flexibility index (Phi) is 8.14. The molecule has 7 heteroatoms. The van der Waals surface area contributed by atoms with Gasteiger partial charge in [-0.05, 0) is 48.7 Å². The van der Waals surface area contributed by atoms with Crippen LogP contribution in [0, 0.1) is 5.82 Å². The van der Waals surface area contributed by atoms with Crippen molar-refractivity contribution in [1.82, 2.24) is 0 Å². The molecule has 0 heterocycles. The Hall–Kier alpha value is -3.22. The van der Waals surface area contributed by atoms with Crippen LogP contribution in [0.25, 0.3) is 0 Å². The highest BCUT2D eigenvalue weighted by molar-refractivity contribution is 5.93. The summed E-state index contributed by atoms with van der Waals surface area (Å²) in [5, 5.41) is 5.32. The molecule has 0 saturated carbocycles. The maximum Gasteiger partial charge on any atom is 0.306 e. The van der Waals surface area contributed by atoms with Crippen molar-refractivity contribution >= 4 is 29.2 Å². The number of carbonyl (C=O) groups excluding carboxylic acids is 3. The number of nitrogens with one attached hydrogen (secondary N) is 2. The summed E-state index contributed by atoms with van der Waals surface area (Å²) < 4.78 is 17.8. The number of hydrogen-bond donors (Lipinski definition) is 2. The van der Waals surface area contributed by atoms with Crippen molar-refractivity contribution in [2.24, 2.45) is 0 Å². The molecular formula is C21H23FN2O4. The van der Waals surface area contributed by atoms with Crippen LogP contribution in [0.5, 0.6) is 0 Å². The normalized spacial score (nSPS) is 10.2. The van der Waals surface area contributed by atoms with E-state index in [2.05, 4.69) is 10.6 Å². The number of anilines is 2. The topological polar surface area (TPSA) is 84.5 Å². The van der Waals surface area contributed by atoms with E-state index in [1.807, 2.05) is 25.1 Å². The van der Waals surface area contributed by atoms with E-state index in [0.29, 0.717) is 11.4 Å². The first-order valence-electron chi connectivity index (χ1n) is 9.06. The standard InChI is InChI=1S/C21H23FN2O4/c1-2-15-6-3-4-7-18(15)24-20(26)14-28-21(27)9-5-8-19(25)23-17-12-10-16(22)11-13-17/h3-4,6-7,10-13H,2,5,8-9,14H2,1H3,(H,23,25)(H,24,26). The van der Waals surface area contributed by atoms with Crippen molar-refractivity contribution < 1.29 is 23.5 Å². The summed E-state index contributed by atoms with van der Waals surface area (Å²) in [4.78, 5) is 35.4. The molecule has 2 aromatic carbocycles. The Morgan fingerprint density at radius 3 is 2.36 bits per heavy atom. The smallest absolute Gasteiger partial charge is 0.306 e. The molecule has 2 rings (SSSR count). The number of amides is 2. The third-order valence-electron chi connectivity index (χ3n) is 3.95. The van der Waals surface area contributed by atoms with Crippen molar-refractivity contribution in [2.45, 2.75) is 32.6 Å². The highest BCUT2D eigenvalue weighted by atomic mass is 19.1. The third-order valence-corrected chi connectivity index (χ3v) is 3.95. The molecule has 0 fully saturated rings. The van der Waals surface area contributed by atoms with Gasteiger partial charge in [-0.25, -0.2) is 4.39 Å². The lowest BCUT2D eigenvalue weighted by Gasteiger charge is -2.10. The lowest BCUT2D eigenvalue weighted by Crippen LogP contribution is -2.21. The predicted molar refractivity (Wildman–Crippen MR) is 104 cm³/mol. The number of ether oxygens (including phenoxy) is 1. The van der Waals surface area contributed by atoms with Crippen LogP contribution in [0.15, 0.2) is 48.5 Å². The van der Waals surface area contributed by atoms with Gasteiger partial charge < -0.3 is 15.4 Å². The highest BCUT2D eigenvalue weighted by Gasteiger charge is 2.11. The quantitative estimate of drug-likeness (QED) is 0.644. The fraction of sp³-hybridized carbons (Fsp3) is 0.286. The summed E-state index contributed by atoms with van der Waals surface area (Å²) in [5.41, 5.74) is 2.18. The largest absolute Gasteiger partial charge is 0.456 e. The van der Waals surface area contributed by atoms with Gasteiger partial charge >= 0.3 is 5.97 Å². The van der Waals surface area contributed by atoms with Gasteiger partial charge in [-0.15, -0.1) is 0 Å². The third kappa shape index (κ3) is 7.19. The first kappa shape index (κ1) is 21.1. The Balaban J connectivity index is 1.64. The van der Waals surface area contributed by atoms with Crippen LogP contribution < -0.4 is 10.6 Å². The number of rotatable bonds is 9. The fourth-order valence-corrected chi connectivity index (χ4v) is 2.51. The first-order chi connectivity index (χ1) is 13.5. The van der Waals surface area contributed by atoms with Crippen molar-refractivity contribution in [3.05, 3.63) is 59.9 Å². The lowest BCUT2D eigenvalue weighted by molar-refractivity contribution is -0.147. The van der Waals surface area contributed by atoms with E-state index in [-0.39, 0.29) is 37.6 Å². The van der Waals surface area contributed by atoms with E-state index >= 15 is 0 Å². The van der Waals surface area contributed by atoms with Gasteiger partial charge in [0.25, 0.3) is 5.91 Å².